The fraction of sp³-hybridized carbons (Fsp3) is 0.500. The molecule has 1 heterocycles. The van der Waals surface area contributed by atoms with Crippen LogP contribution in [0.5, 0.6) is 0 Å². The van der Waals surface area contributed by atoms with Crippen molar-refractivity contribution >= 4 is 28.0 Å². The average Bonchev–Trinajstić information content (AvgIpc) is 2.90. The molecule has 1 aromatic rings. The van der Waals surface area contributed by atoms with Gasteiger partial charge in [0.15, 0.2) is 0 Å². The summed E-state index contributed by atoms with van der Waals surface area (Å²) in [5, 5.41) is 4.26. The number of rotatable bonds is 4. The number of nitrogen functional groups attached to an aromatic ring is 1. The van der Waals surface area contributed by atoms with E-state index in [-0.39, 0.29) is 5.97 Å². The molecule has 0 radical (unpaired) electrons. The highest BCUT2D eigenvalue weighted by atomic mass is 32.1. The molecule has 0 spiro atoms. The number of anilines is 2. The van der Waals surface area contributed by atoms with Crippen molar-refractivity contribution in [1.29, 1.82) is 0 Å². The van der Waals surface area contributed by atoms with E-state index >= 15 is 0 Å². The smallest absolute Gasteiger partial charge is 0.350 e. The number of carbonyl (C=O) groups is 1. The summed E-state index contributed by atoms with van der Waals surface area (Å²) in [4.78, 5) is 12.0. The molecule has 1 aromatic heterocycles. The molecule has 0 atom stereocenters. The zero-order valence-corrected chi connectivity index (χ0v) is 9.39. The Morgan fingerprint density at radius 2 is 2.47 bits per heavy atom. The van der Waals surface area contributed by atoms with Gasteiger partial charge in [-0.3, -0.25) is 0 Å². The number of esters is 1. The minimum absolute atomic E-state index is 0.330. The quantitative estimate of drug-likeness (QED) is 0.771. The van der Waals surface area contributed by atoms with E-state index in [9.17, 15) is 4.79 Å². The first kappa shape index (κ1) is 10.3. The molecule has 4 nitrogen and oxygen atoms in total. The molecular formula is C10H14N2O2S. The highest BCUT2D eigenvalue weighted by Crippen LogP contribution is 2.33. The summed E-state index contributed by atoms with van der Waals surface area (Å²) >= 11 is 1.37. The maximum atomic E-state index is 11.5. The van der Waals surface area contributed by atoms with E-state index in [1.807, 2.05) is 0 Å². The van der Waals surface area contributed by atoms with Crippen LogP contribution in [-0.4, -0.2) is 18.6 Å². The first-order valence-electron chi connectivity index (χ1n) is 5.03. The zero-order valence-electron chi connectivity index (χ0n) is 8.58. The molecule has 1 aliphatic carbocycles. The van der Waals surface area contributed by atoms with Crippen LogP contribution < -0.4 is 11.1 Å². The van der Waals surface area contributed by atoms with Crippen molar-refractivity contribution in [2.75, 3.05) is 17.7 Å². The van der Waals surface area contributed by atoms with Crippen molar-refractivity contribution in [2.24, 2.45) is 0 Å². The van der Waals surface area contributed by atoms with E-state index in [4.69, 9.17) is 10.5 Å². The molecule has 0 aromatic carbocycles. The standard InChI is InChI=1S/C10H14N2O2S/c1-2-14-10(13)9-7(11)5-8(15-9)12-6-3-4-6/h5-6,12H,2-4,11H2,1H3. The van der Waals surface area contributed by atoms with Gasteiger partial charge in [-0.2, -0.15) is 0 Å². The van der Waals surface area contributed by atoms with E-state index in [2.05, 4.69) is 5.32 Å². The summed E-state index contributed by atoms with van der Waals surface area (Å²) in [6.07, 6.45) is 2.40. The third kappa shape index (κ3) is 2.41. The highest BCUT2D eigenvalue weighted by molar-refractivity contribution is 7.18. The molecule has 0 unspecified atom stereocenters. The van der Waals surface area contributed by atoms with Crippen molar-refractivity contribution < 1.29 is 9.53 Å². The van der Waals surface area contributed by atoms with Gasteiger partial charge in [0.05, 0.1) is 17.3 Å². The van der Waals surface area contributed by atoms with Crippen LogP contribution in [0, 0.1) is 0 Å². The minimum atomic E-state index is -0.330. The molecule has 5 heteroatoms. The second-order valence-electron chi connectivity index (χ2n) is 3.53. The first-order chi connectivity index (χ1) is 7.20. The van der Waals surface area contributed by atoms with Gasteiger partial charge in [0.2, 0.25) is 0 Å². The minimum Gasteiger partial charge on any atom is -0.462 e. The highest BCUT2D eigenvalue weighted by Gasteiger charge is 2.23. The van der Waals surface area contributed by atoms with Gasteiger partial charge in [-0.15, -0.1) is 11.3 Å². The van der Waals surface area contributed by atoms with Gasteiger partial charge in [0, 0.05) is 6.04 Å². The van der Waals surface area contributed by atoms with Crippen molar-refractivity contribution in [1.82, 2.24) is 0 Å². The fourth-order valence-electron chi connectivity index (χ4n) is 1.26. The van der Waals surface area contributed by atoms with Crippen LogP contribution in [0.4, 0.5) is 10.7 Å². The van der Waals surface area contributed by atoms with Crippen LogP contribution in [0.25, 0.3) is 0 Å². The maximum Gasteiger partial charge on any atom is 0.350 e. The largest absolute Gasteiger partial charge is 0.462 e. The Morgan fingerprint density at radius 1 is 1.73 bits per heavy atom. The lowest BCUT2D eigenvalue weighted by molar-refractivity contribution is 0.0533. The number of thiophene rings is 1. The summed E-state index contributed by atoms with van der Waals surface area (Å²) in [6, 6.07) is 2.37. The number of hydrogen-bond acceptors (Lipinski definition) is 5. The fourth-order valence-corrected chi connectivity index (χ4v) is 2.21. The van der Waals surface area contributed by atoms with Gasteiger partial charge >= 0.3 is 5.97 Å². The lowest BCUT2D eigenvalue weighted by Gasteiger charge is -1.99. The first-order valence-corrected chi connectivity index (χ1v) is 5.85. The molecule has 2 rings (SSSR count). The summed E-state index contributed by atoms with van der Waals surface area (Å²) in [5.74, 6) is -0.330. The second kappa shape index (κ2) is 4.10. The molecule has 1 aliphatic rings. The molecule has 82 valence electrons. The molecule has 0 amide bonds. The van der Waals surface area contributed by atoms with Gasteiger partial charge in [-0.25, -0.2) is 4.79 Å². The molecule has 0 saturated heterocycles. The normalized spacial score (nSPS) is 15.0. The Kier molecular flexibility index (Phi) is 2.81. The van der Waals surface area contributed by atoms with Crippen molar-refractivity contribution in [3.05, 3.63) is 10.9 Å². The molecule has 3 N–H and O–H groups in total. The predicted molar refractivity (Wildman–Crippen MR) is 61.3 cm³/mol. The molecular weight excluding hydrogens is 212 g/mol. The Balaban J connectivity index is 2.09. The van der Waals surface area contributed by atoms with Crippen molar-refractivity contribution in [3.8, 4) is 0 Å². The topological polar surface area (TPSA) is 64.3 Å². The van der Waals surface area contributed by atoms with Crippen LogP contribution in [0.3, 0.4) is 0 Å². The lowest BCUT2D eigenvalue weighted by Crippen LogP contribution is -2.04. The van der Waals surface area contributed by atoms with E-state index < -0.39 is 0 Å². The third-order valence-corrected chi connectivity index (χ3v) is 3.21. The molecule has 0 aliphatic heterocycles. The summed E-state index contributed by atoms with van der Waals surface area (Å²) in [6.45, 7) is 2.16. The number of ether oxygens (including phenoxy) is 1. The third-order valence-electron chi connectivity index (χ3n) is 2.15. The van der Waals surface area contributed by atoms with E-state index in [0.29, 0.717) is 23.2 Å². The van der Waals surface area contributed by atoms with Gasteiger partial charge < -0.3 is 15.8 Å². The number of nitrogens with two attached hydrogens (primary N) is 1. The van der Waals surface area contributed by atoms with Crippen LogP contribution in [0.15, 0.2) is 6.07 Å². The molecule has 15 heavy (non-hydrogen) atoms. The van der Waals surface area contributed by atoms with Gasteiger partial charge in [-0.05, 0) is 25.8 Å². The van der Waals surface area contributed by atoms with E-state index in [0.717, 1.165) is 5.00 Å². The van der Waals surface area contributed by atoms with Gasteiger partial charge in [0.1, 0.15) is 4.88 Å². The molecule has 1 saturated carbocycles. The van der Waals surface area contributed by atoms with Gasteiger partial charge in [0.25, 0.3) is 0 Å². The van der Waals surface area contributed by atoms with Crippen LogP contribution >= 0.6 is 11.3 Å². The summed E-state index contributed by atoms with van der Waals surface area (Å²) in [7, 11) is 0. The van der Waals surface area contributed by atoms with E-state index in [1.54, 1.807) is 13.0 Å². The zero-order chi connectivity index (χ0) is 10.8. The number of carbonyl (C=O) groups excluding carboxylic acids is 1. The Morgan fingerprint density at radius 3 is 3.07 bits per heavy atom. The monoisotopic (exact) mass is 226 g/mol. The predicted octanol–water partition coefficient (Wildman–Crippen LogP) is 2.08. The number of hydrogen-bond donors (Lipinski definition) is 2. The van der Waals surface area contributed by atoms with Gasteiger partial charge in [-0.1, -0.05) is 0 Å². The number of nitrogens with one attached hydrogen (secondary N) is 1. The lowest BCUT2D eigenvalue weighted by atomic mass is 10.4. The summed E-state index contributed by atoms with van der Waals surface area (Å²) in [5.41, 5.74) is 6.24. The Bertz CT molecular complexity index is 371. The van der Waals surface area contributed by atoms with Crippen molar-refractivity contribution in [3.63, 3.8) is 0 Å². The Labute approximate surface area is 92.4 Å². The van der Waals surface area contributed by atoms with E-state index in [1.165, 1.54) is 24.2 Å². The van der Waals surface area contributed by atoms with Crippen LogP contribution in [0.1, 0.15) is 29.4 Å². The van der Waals surface area contributed by atoms with Crippen molar-refractivity contribution in [2.45, 2.75) is 25.8 Å². The SMILES string of the molecule is CCOC(=O)c1sc(NC2CC2)cc1N. The average molecular weight is 226 g/mol. The molecule has 0 bridgehead atoms. The second-order valence-corrected chi connectivity index (χ2v) is 4.59. The van der Waals surface area contributed by atoms with Crippen LogP contribution in [-0.2, 0) is 4.74 Å². The maximum absolute atomic E-state index is 11.5. The summed E-state index contributed by atoms with van der Waals surface area (Å²) < 4.78 is 4.91. The molecule has 1 fully saturated rings. The Hall–Kier alpha value is -1.23. The van der Waals surface area contributed by atoms with Crippen LogP contribution in [0.2, 0.25) is 0 Å².